The predicted molar refractivity (Wildman–Crippen MR) is 113 cm³/mol. The summed E-state index contributed by atoms with van der Waals surface area (Å²) in [5.74, 6) is 0.302. The number of nitrogens with zero attached hydrogens (tertiary/aromatic N) is 2. The van der Waals surface area contributed by atoms with E-state index in [2.05, 4.69) is 9.98 Å². The molecule has 0 aliphatic heterocycles. The van der Waals surface area contributed by atoms with Gasteiger partial charge in [0.2, 0.25) is 0 Å². The predicted octanol–water partition coefficient (Wildman–Crippen LogP) is 5.58. The number of hydrogen-bond acceptors (Lipinski definition) is 6. The summed E-state index contributed by atoms with van der Waals surface area (Å²) in [4.78, 5) is 21.1. The lowest BCUT2D eigenvalue weighted by atomic mass is 9.98. The van der Waals surface area contributed by atoms with Gasteiger partial charge in [-0.05, 0) is 26.0 Å². The zero-order valence-corrected chi connectivity index (χ0v) is 16.5. The number of carbonyl (C=O) groups excluding carboxylic acids is 1. The molecule has 0 fully saturated rings. The summed E-state index contributed by atoms with van der Waals surface area (Å²) in [6, 6.07) is 10.6. The number of aromatic nitrogens is 1. The number of phenols is 1. The van der Waals surface area contributed by atoms with Crippen LogP contribution in [-0.2, 0) is 4.74 Å². The van der Waals surface area contributed by atoms with Crippen LogP contribution in [0, 0.1) is 6.92 Å². The minimum absolute atomic E-state index is 0.00263. The summed E-state index contributed by atoms with van der Waals surface area (Å²) in [7, 11) is 0. The Bertz CT molecular complexity index is 1260. The van der Waals surface area contributed by atoms with Gasteiger partial charge in [0.05, 0.1) is 11.6 Å². The minimum atomic E-state index is -0.516. The van der Waals surface area contributed by atoms with Crippen LogP contribution in [0.25, 0.3) is 21.7 Å². The van der Waals surface area contributed by atoms with Gasteiger partial charge in [-0.3, -0.25) is 0 Å². The number of rotatable bonds is 4. The number of aromatic hydroxyl groups is 1. The summed E-state index contributed by atoms with van der Waals surface area (Å²) in [6.45, 7) is 3.65. The van der Waals surface area contributed by atoms with Gasteiger partial charge in [0.25, 0.3) is 0 Å². The first-order chi connectivity index (χ1) is 14.0. The molecule has 0 aliphatic rings. The number of halogens is 1. The lowest BCUT2D eigenvalue weighted by molar-refractivity contribution is 0.0526. The van der Waals surface area contributed by atoms with Crippen molar-refractivity contribution in [2.75, 3.05) is 6.61 Å². The molecule has 7 heteroatoms. The van der Waals surface area contributed by atoms with Crippen molar-refractivity contribution in [1.82, 2.24) is 4.98 Å². The molecule has 0 aliphatic carbocycles. The SMILES string of the molecule is CCOC(=O)c1c(C)oc2c1c(C=Nc1ccc(Cl)cn1)c(O)c1ccccc12. The highest BCUT2D eigenvalue weighted by molar-refractivity contribution is 6.30. The van der Waals surface area contributed by atoms with E-state index in [4.69, 9.17) is 20.8 Å². The molecule has 2 aromatic heterocycles. The van der Waals surface area contributed by atoms with E-state index < -0.39 is 5.97 Å². The summed E-state index contributed by atoms with van der Waals surface area (Å²) in [6.07, 6.45) is 2.95. The number of esters is 1. The number of phenolic OH excluding ortho intramolecular Hbond substituents is 1. The lowest BCUT2D eigenvalue weighted by Gasteiger charge is -2.08. The Morgan fingerprint density at radius 3 is 2.72 bits per heavy atom. The fourth-order valence-corrected chi connectivity index (χ4v) is 3.40. The standard InChI is InChI=1S/C22H17ClN2O4/c1-3-28-22(27)18-12(2)29-21-15-7-5-4-6-14(15)20(26)16(19(18)21)11-25-17-9-8-13(23)10-24-17/h4-11,26H,3H2,1-2H3. The van der Waals surface area contributed by atoms with E-state index in [0.29, 0.717) is 43.9 Å². The smallest absolute Gasteiger partial charge is 0.342 e. The van der Waals surface area contributed by atoms with Crippen LogP contribution in [0.4, 0.5) is 5.82 Å². The van der Waals surface area contributed by atoms with Gasteiger partial charge in [-0.25, -0.2) is 14.8 Å². The second-order valence-corrected chi connectivity index (χ2v) is 6.79. The molecule has 0 spiro atoms. The van der Waals surface area contributed by atoms with Crippen LogP contribution in [0.3, 0.4) is 0 Å². The molecule has 0 radical (unpaired) electrons. The summed E-state index contributed by atoms with van der Waals surface area (Å²) < 4.78 is 11.1. The Kier molecular flexibility index (Phi) is 4.94. The molecule has 2 aromatic carbocycles. The highest BCUT2D eigenvalue weighted by Gasteiger charge is 2.25. The highest BCUT2D eigenvalue weighted by Crippen LogP contribution is 2.40. The van der Waals surface area contributed by atoms with Gasteiger partial charge in [-0.1, -0.05) is 35.9 Å². The number of furan rings is 1. The highest BCUT2D eigenvalue weighted by atomic mass is 35.5. The van der Waals surface area contributed by atoms with Crippen molar-refractivity contribution >= 4 is 51.3 Å². The molecule has 0 saturated carbocycles. The number of aryl methyl sites for hydroxylation is 1. The van der Waals surface area contributed by atoms with Gasteiger partial charge in [0.1, 0.15) is 22.7 Å². The first kappa shape index (κ1) is 19.0. The van der Waals surface area contributed by atoms with Crippen molar-refractivity contribution in [1.29, 1.82) is 0 Å². The monoisotopic (exact) mass is 408 g/mol. The van der Waals surface area contributed by atoms with Crippen LogP contribution in [0.1, 0.15) is 28.6 Å². The van der Waals surface area contributed by atoms with Crippen LogP contribution in [0.5, 0.6) is 5.75 Å². The molecule has 0 bridgehead atoms. The fraction of sp³-hybridized carbons (Fsp3) is 0.136. The second kappa shape index (κ2) is 7.56. The summed E-state index contributed by atoms with van der Waals surface area (Å²) in [5.41, 5.74) is 1.12. The average Bonchev–Trinajstić information content (AvgIpc) is 3.06. The number of fused-ring (bicyclic) bond motifs is 3. The van der Waals surface area contributed by atoms with Crippen LogP contribution in [0.2, 0.25) is 5.02 Å². The zero-order valence-electron chi connectivity index (χ0n) is 15.8. The van der Waals surface area contributed by atoms with E-state index in [1.807, 2.05) is 18.2 Å². The zero-order chi connectivity index (χ0) is 20.5. The maximum atomic E-state index is 12.6. The van der Waals surface area contributed by atoms with Crippen LogP contribution in [-0.4, -0.2) is 28.9 Å². The topological polar surface area (TPSA) is 84.9 Å². The largest absolute Gasteiger partial charge is 0.507 e. The molecule has 0 amide bonds. The van der Waals surface area contributed by atoms with Crippen LogP contribution >= 0.6 is 11.6 Å². The molecule has 0 unspecified atom stereocenters. The maximum absolute atomic E-state index is 12.6. The lowest BCUT2D eigenvalue weighted by Crippen LogP contribution is -2.06. The average molecular weight is 409 g/mol. The maximum Gasteiger partial charge on any atom is 0.342 e. The Morgan fingerprint density at radius 1 is 1.28 bits per heavy atom. The van der Waals surface area contributed by atoms with Crippen molar-refractivity contribution in [3.05, 3.63) is 64.5 Å². The van der Waals surface area contributed by atoms with Gasteiger partial charge >= 0.3 is 5.97 Å². The summed E-state index contributed by atoms with van der Waals surface area (Å²) in [5, 5.41) is 13.2. The molecule has 0 saturated heterocycles. The van der Waals surface area contributed by atoms with E-state index in [1.165, 1.54) is 12.4 Å². The third-order valence-electron chi connectivity index (χ3n) is 4.55. The number of ether oxygens (including phenoxy) is 1. The van der Waals surface area contributed by atoms with Crippen molar-refractivity contribution in [2.24, 2.45) is 4.99 Å². The Hall–Kier alpha value is -3.38. The second-order valence-electron chi connectivity index (χ2n) is 6.36. The van der Waals surface area contributed by atoms with Gasteiger partial charge < -0.3 is 14.3 Å². The first-order valence-electron chi connectivity index (χ1n) is 9.00. The molecular weight excluding hydrogens is 392 g/mol. The molecule has 1 N–H and O–H groups in total. The fourth-order valence-electron chi connectivity index (χ4n) is 3.29. The molecule has 29 heavy (non-hydrogen) atoms. The van der Waals surface area contributed by atoms with Crippen molar-refractivity contribution in [3.8, 4) is 5.75 Å². The quantitative estimate of drug-likeness (QED) is 0.352. The number of carbonyl (C=O) groups is 1. The third-order valence-corrected chi connectivity index (χ3v) is 4.78. The number of benzene rings is 2. The van der Waals surface area contributed by atoms with Gasteiger partial charge in [0, 0.05) is 34.1 Å². The number of aliphatic imine (C=N–C) groups is 1. The molecule has 2 heterocycles. The Morgan fingerprint density at radius 2 is 2.03 bits per heavy atom. The number of hydrogen-bond donors (Lipinski definition) is 1. The Labute approximate surface area is 171 Å². The number of pyridine rings is 1. The van der Waals surface area contributed by atoms with E-state index >= 15 is 0 Å². The Balaban J connectivity index is 2.03. The summed E-state index contributed by atoms with van der Waals surface area (Å²) >= 11 is 5.87. The van der Waals surface area contributed by atoms with Crippen molar-refractivity contribution in [3.63, 3.8) is 0 Å². The van der Waals surface area contributed by atoms with Crippen LogP contribution in [0.15, 0.2) is 52.0 Å². The van der Waals surface area contributed by atoms with E-state index in [0.717, 1.165) is 0 Å². The molecule has 146 valence electrons. The van der Waals surface area contributed by atoms with E-state index in [1.54, 1.807) is 32.0 Å². The van der Waals surface area contributed by atoms with Crippen molar-refractivity contribution in [2.45, 2.75) is 13.8 Å². The first-order valence-corrected chi connectivity index (χ1v) is 9.38. The van der Waals surface area contributed by atoms with E-state index in [-0.39, 0.29) is 17.9 Å². The molecule has 6 nitrogen and oxygen atoms in total. The minimum Gasteiger partial charge on any atom is -0.507 e. The molecule has 0 atom stereocenters. The molecule has 4 rings (SSSR count). The van der Waals surface area contributed by atoms with Crippen molar-refractivity contribution < 1.29 is 19.1 Å². The van der Waals surface area contributed by atoms with Gasteiger partial charge in [-0.15, -0.1) is 0 Å². The normalized spacial score (nSPS) is 11.6. The molecule has 4 aromatic rings. The van der Waals surface area contributed by atoms with E-state index in [9.17, 15) is 9.90 Å². The van der Waals surface area contributed by atoms with Gasteiger partial charge in [0.15, 0.2) is 5.82 Å². The van der Waals surface area contributed by atoms with Crippen LogP contribution < -0.4 is 0 Å². The van der Waals surface area contributed by atoms with Gasteiger partial charge in [-0.2, -0.15) is 0 Å². The third kappa shape index (κ3) is 3.32. The molecular formula is C22H17ClN2O4.